The van der Waals surface area contributed by atoms with Gasteiger partial charge in [-0.1, -0.05) is 18.2 Å². The van der Waals surface area contributed by atoms with Crippen LogP contribution in [0, 0.1) is 0 Å². The second-order valence-corrected chi connectivity index (χ2v) is 3.52. The van der Waals surface area contributed by atoms with E-state index in [2.05, 4.69) is 0 Å². The molecule has 0 spiro atoms. The molecule has 1 aromatic rings. The Morgan fingerprint density at radius 2 is 2.07 bits per heavy atom. The number of rotatable bonds is 4. The lowest BCUT2D eigenvalue weighted by Gasteiger charge is -2.27. The Morgan fingerprint density at radius 1 is 1.47 bits per heavy atom. The molecule has 0 saturated carbocycles. The molecule has 0 bridgehead atoms. The molecule has 0 aliphatic rings. The highest BCUT2D eigenvalue weighted by Gasteiger charge is 2.31. The zero-order valence-electron chi connectivity index (χ0n) is 8.73. The molecule has 15 heavy (non-hydrogen) atoms. The summed E-state index contributed by atoms with van der Waals surface area (Å²) in [6.07, 6.45) is -0.193. The highest BCUT2D eigenvalue weighted by atomic mass is 16.5. The molecule has 0 fully saturated rings. The molecule has 0 heterocycles. The van der Waals surface area contributed by atoms with E-state index in [1.165, 1.54) is 13.2 Å². The van der Waals surface area contributed by atoms with Gasteiger partial charge in [0, 0.05) is 12.7 Å². The second kappa shape index (κ2) is 4.31. The van der Waals surface area contributed by atoms with Crippen LogP contribution in [0.5, 0.6) is 5.75 Å². The molecule has 0 radical (unpaired) electrons. The zero-order valence-corrected chi connectivity index (χ0v) is 8.73. The minimum absolute atomic E-state index is 0.0445. The SMILES string of the molecule is COC(C)(CC(=O)O)c1ccccc1O. The number of carbonyl (C=O) groups is 1. The quantitative estimate of drug-likeness (QED) is 0.794. The predicted octanol–water partition coefficient (Wildman–Crippen LogP) is 1.73. The van der Waals surface area contributed by atoms with Gasteiger partial charge in [-0.25, -0.2) is 0 Å². The van der Waals surface area contributed by atoms with Gasteiger partial charge in [0.05, 0.1) is 6.42 Å². The van der Waals surface area contributed by atoms with E-state index in [1.54, 1.807) is 25.1 Å². The first kappa shape index (κ1) is 11.5. The minimum atomic E-state index is -1.00. The summed E-state index contributed by atoms with van der Waals surface area (Å²) in [5.74, 6) is -0.925. The van der Waals surface area contributed by atoms with Gasteiger partial charge in [-0.2, -0.15) is 0 Å². The number of hydrogen-bond acceptors (Lipinski definition) is 3. The van der Waals surface area contributed by atoms with Gasteiger partial charge in [0.2, 0.25) is 0 Å². The van der Waals surface area contributed by atoms with Crippen LogP contribution >= 0.6 is 0 Å². The van der Waals surface area contributed by atoms with Gasteiger partial charge in [-0.05, 0) is 13.0 Å². The van der Waals surface area contributed by atoms with Crippen LogP contribution in [0.3, 0.4) is 0 Å². The van der Waals surface area contributed by atoms with Gasteiger partial charge in [0.15, 0.2) is 0 Å². The lowest BCUT2D eigenvalue weighted by molar-refractivity contribution is -0.143. The summed E-state index contributed by atoms with van der Waals surface area (Å²) in [6.45, 7) is 1.64. The van der Waals surface area contributed by atoms with Gasteiger partial charge in [0.25, 0.3) is 0 Å². The van der Waals surface area contributed by atoms with E-state index in [0.29, 0.717) is 5.56 Å². The molecule has 82 valence electrons. The molecule has 0 aliphatic carbocycles. The van der Waals surface area contributed by atoms with Gasteiger partial charge in [-0.15, -0.1) is 0 Å². The maximum Gasteiger partial charge on any atom is 0.306 e. The van der Waals surface area contributed by atoms with Crippen molar-refractivity contribution in [2.75, 3.05) is 7.11 Å². The number of ether oxygens (including phenoxy) is 1. The monoisotopic (exact) mass is 210 g/mol. The number of aliphatic carboxylic acids is 1. The van der Waals surface area contributed by atoms with E-state index in [4.69, 9.17) is 9.84 Å². The Balaban J connectivity index is 3.11. The maximum absolute atomic E-state index is 10.7. The molecule has 0 aliphatic heterocycles. The van der Waals surface area contributed by atoms with Crippen molar-refractivity contribution in [3.8, 4) is 5.75 Å². The molecule has 4 nitrogen and oxygen atoms in total. The number of para-hydroxylation sites is 1. The second-order valence-electron chi connectivity index (χ2n) is 3.52. The third-order valence-corrected chi connectivity index (χ3v) is 2.41. The van der Waals surface area contributed by atoms with E-state index < -0.39 is 11.6 Å². The van der Waals surface area contributed by atoms with Crippen molar-refractivity contribution in [1.82, 2.24) is 0 Å². The minimum Gasteiger partial charge on any atom is -0.508 e. The van der Waals surface area contributed by atoms with Crippen LogP contribution in [0.25, 0.3) is 0 Å². The summed E-state index contributed by atoms with van der Waals surface area (Å²) in [6, 6.07) is 6.57. The highest BCUT2D eigenvalue weighted by Crippen LogP contribution is 2.34. The van der Waals surface area contributed by atoms with Gasteiger partial charge in [-0.3, -0.25) is 4.79 Å². The summed E-state index contributed by atoms with van der Waals surface area (Å²) in [5, 5.41) is 18.4. The standard InChI is InChI=1S/C11H14O4/c1-11(15-2,7-10(13)14)8-5-3-4-6-9(8)12/h3-6,12H,7H2,1-2H3,(H,13,14). The average molecular weight is 210 g/mol. The third-order valence-electron chi connectivity index (χ3n) is 2.41. The van der Waals surface area contributed by atoms with Crippen molar-refractivity contribution in [2.45, 2.75) is 18.9 Å². The number of phenolic OH excluding ortho intramolecular Hbond substituents is 1. The number of carboxylic acids is 1. The van der Waals surface area contributed by atoms with Crippen LogP contribution < -0.4 is 0 Å². The summed E-state index contributed by atoms with van der Waals surface area (Å²) in [7, 11) is 1.43. The van der Waals surface area contributed by atoms with E-state index >= 15 is 0 Å². The fourth-order valence-electron chi connectivity index (χ4n) is 1.49. The van der Waals surface area contributed by atoms with Gasteiger partial charge < -0.3 is 14.9 Å². The Bertz CT molecular complexity index is 361. The molecule has 1 unspecified atom stereocenters. The van der Waals surface area contributed by atoms with Crippen molar-refractivity contribution in [2.24, 2.45) is 0 Å². The molecule has 0 amide bonds. The van der Waals surface area contributed by atoms with Crippen LogP contribution in [0.2, 0.25) is 0 Å². The zero-order chi connectivity index (χ0) is 11.5. The smallest absolute Gasteiger partial charge is 0.306 e. The summed E-state index contributed by atoms with van der Waals surface area (Å²) in [5.41, 5.74) is -0.521. The predicted molar refractivity (Wildman–Crippen MR) is 54.7 cm³/mol. The molecule has 4 heteroatoms. The Morgan fingerprint density at radius 3 is 2.53 bits per heavy atom. The van der Waals surface area contributed by atoms with E-state index in [1.807, 2.05) is 0 Å². The molecule has 1 rings (SSSR count). The Hall–Kier alpha value is -1.55. The number of phenols is 1. The number of methoxy groups -OCH3 is 1. The summed E-state index contributed by atoms with van der Waals surface area (Å²) in [4.78, 5) is 10.7. The van der Waals surface area contributed by atoms with Crippen molar-refractivity contribution >= 4 is 5.97 Å². The van der Waals surface area contributed by atoms with E-state index in [9.17, 15) is 9.90 Å². The molecule has 2 N–H and O–H groups in total. The topological polar surface area (TPSA) is 66.8 Å². The van der Waals surface area contributed by atoms with Crippen molar-refractivity contribution in [3.63, 3.8) is 0 Å². The Labute approximate surface area is 88.1 Å². The number of carboxylic acid groups (broad SMARTS) is 1. The van der Waals surface area contributed by atoms with Crippen LogP contribution in [0.15, 0.2) is 24.3 Å². The number of hydrogen-bond donors (Lipinski definition) is 2. The maximum atomic E-state index is 10.7. The largest absolute Gasteiger partial charge is 0.508 e. The molecule has 1 atom stereocenters. The van der Waals surface area contributed by atoms with E-state index in [0.717, 1.165) is 0 Å². The third kappa shape index (κ3) is 2.47. The Kier molecular flexibility index (Phi) is 3.31. The number of aromatic hydroxyl groups is 1. The lowest BCUT2D eigenvalue weighted by Crippen LogP contribution is -2.27. The first-order chi connectivity index (χ1) is 6.99. The summed E-state index contributed by atoms with van der Waals surface area (Å²) >= 11 is 0. The number of benzene rings is 1. The first-order valence-corrected chi connectivity index (χ1v) is 4.55. The van der Waals surface area contributed by atoms with Crippen molar-refractivity contribution < 1.29 is 19.7 Å². The van der Waals surface area contributed by atoms with Gasteiger partial charge >= 0.3 is 5.97 Å². The van der Waals surface area contributed by atoms with Crippen molar-refractivity contribution in [3.05, 3.63) is 29.8 Å². The molecular weight excluding hydrogens is 196 g/mol. The van der Waals surface area contributed by atoms with Gasteiger partial charge in [0.1, 0.15) is 11.4 Å². The van der Waals surface area contributed by atoms with E-state index in [-0.39, 0.29) is 12.2 Å². The fourth-order valence-corrected chi connectivity index (χ4v) is 1.49. The average Bonchev–Trinajstić information content (AvgIpc) is 2.17. The lowest BCUT2D eigenvalue weighted by atomic mass is 9.91. The molecular formula is C11H14O4. The van der Waals surface area contributed by atoms with Crippen LogP contribution in [0.4, 0.5) is 0 Å². The highest BCUT2D eigenvalue weighted by molar-refractivity contribution is 5.69. The molecule has 0 aromatic heterocycles. The van der Waals surface area contributed by atoms with Crippen molar-refractivity contribution in [1.29, 1.82) is 0 Å². The molecule has 0 saturated heterocycles. The normalized spacial score (nSPS) is 14.5. The van der Waals surface area contributed by atoms with Crippen LogP contribution in [-0.4, -0.2) is 23.3 Å². The fraction of sp³-hybridized carbons (Fsp3) is 0.364. The first-order valence-electron chi connectivity index (χ1n) is 4.55. The van der Waals surface area contributed by atoms with Crippen LogP contribution in [-0.2, 0) is 15.1 Å². The van der Waals surface area contributed by atoms with Crippen LogP contribution in [0.1, 0.15) is 18.9 Å². The summed E-state index contributed by atoms with van der Waals surface area (Å²) < 4.78 is 5.17. The molecule has 1 aromatic carbocycles.